The molecule has 0 saturated carbocycles. The van der Waals surface area contributed by atoms with Crippen LogP contribution in [-0.2, 0) is 9.53 Å². The molecule has 3 unspecified atom stereocenters. The molecule has 0 bridgehead atoms. The Morgan fingerprint density at radius 1 is 1.32 bits per heavy atom. The molecule has 0 aromatic carbocycles. The second kappa shape index (κ2) is 8.54. The van der Waals surface area contributed by atoms with Crippen LogP contribution in [0.3, 0.4) is 0 Å². The first-order valence-electron chi connectivity index (χ1n) is 7.40. The van der Waals surface area contributed by atoms with Gasteiger partial charge in [-0.15, -0.1) is 0 Å². The van der Waals surface area contributed by atoms with Crippen molar-refractivity contribution in [2.24, 2.45) is 11.7 Å². The van der Waals surface area contributed by atoms with Gasteiger partial charge in [-0.2, -0.15) is 0 Å². The molecule has 0 fully saturated rings. The SMILES string of the molecule is CCCC(C)COC(C)CC(C)(NC(C)C)C(N)=O. The number of hydrogen-bond acceptors (Lipinski definition) is 3. The lowest BCUT2D eigenvalue weighted by atomic mass is 9.93. The molecule has 0 rings (SSSR count). The summed E-state index contributed by atoms with van der Waals surface area (Å²) < 4.78 is 5.84. The second-order valence-electron chi connectivity index (χ2n) is 6.24. The van der Waals surface area contributed by atoms with Gasteiger partial charge in [0.25, 0.3) is 0 Å². The summed E-state index contributed by atoms with van der Waals surface area (Å²) in [4.78, 5) is 11.6. The molecule has 0 aliphatic rings. The maximum Gasteiger partial charge on any atom is 0.237 e. The van der Waals surface area contributed by atoms with Gasteiger partial charge in [0, 0.05) is 19.1 Å². The van der Waals surface area contributed by atoms with Gasteiger partial charge in [0.1, 0.15) is 0 Å². The van der Waals surface area contributed by atoms with Crippen molar-refractivity contribution in [3.05, 3.63) is 0 Å². The van der Waals surface area contributed by atoms with Gasteiger partial charge in [-0.25, -0.2) is 0 Å². The predicted octanol–water partition coefficient (Wildman–Crippen LogP) is 2.46. The number of nitrogens with one attached hydrogen (secondary N) is 1. The summed E-state index contributed by atoms with van der Waals surface area (Å²) in [6.07, 6.45) is 2.96. The Hall–Kier alpha value is -0.610. The van der Waals surface area contributed by atoms with Gasteiger partial charge >= 0.3 is 0 Å². The second-order valence-corrected chi connectivity index (χ2v) is 6.24. The summed E-state index contributed by atoms with van der Waals surface area (Å²) in [6, 6.07) is 0.212. The molecule has 0 spiro atoms. The van der Waals surface area contributed by atoms with Gasteiger partial charge in [0.2, 0.25) is 5.91 Å². The summed E-state index contributed by atoms with van der Waals surface area (Å²) in [5.74, 6) is 0.239. The first-order chi connectivity index (χ1) is 8.71. The van der Waals surface area contributed by atoms with E-state index >= 15 is 0 Å². The Morgan fingerprint density at radius 2 is 1.89 bits per heavy atom. The molecule has 3 atom stereocenters. The van der Waals surface area contributed by atoms with Crippen molar-refractivity contribution in [1.29, 1.82) is 0 Å². The van der Waals surface area contributed by atoms with E-state index < -0.39 is 5.54 Å². The Kier molecular flexibility index (Phi) is 8.26. The number of rotatable bonds is 10. The molecule has 19 heavy (non-hydrogen) atoms. The normalized spacial score (nSPS) is 18.1. The first-order valence-corrected chi connectivity index (χ1v) is 7.40. The highest BCUT2D eigenvalue weighted by atomic mass is 16.5. The van der Waals surface area contributed by atoms with Crippen LogP contribution in [0.4, 0.5) is 0 Å². The average Bonchev–Trinajstić information content (AvgIpc) is 2.25. The number of carbonyl (C=O) groups excluding carboxylic acids is 1. The van der Waals surface area contributed by atoms with Crippen LogP contribution in [0.5, 0.6) is 0 Å². The smallest absolute Gasteiger partial charge is 0.237 e. The maximum atomic E-state index is 11.6. The number of nitrogens with two attached hydrogens (primary N) is 1. The van der Waals surface area contributed by atoms with Crippen molar-refractivity contribution in [2.45, 2.75) is 78.5 Å². The number of amides is 1. The van der Waals surface area contributed by atoms with Gasteiger partial charge in [-0.1, -0.05) is 20.3 Å². The van der Waals surface area contributed by atoms with Crippen molar-refractivity contribution in [3.8, 4) is 0 Å². The molecule has 0 aromatic rings. The van der Waals surface area contributed by atoms with E-state index in [1.807, 2.05) is 27.7 Å². The van der Waals surface area contributed by atoms with Crippen molar-refractivity contribution < 1.29 is 9.53 Å². The highest BCUT2D eigenvalue weighted by Gasteiger charge is 2.33. The Bertz CT molecular complexity index is 269. The lowest BCUT2D eigenvalue weighted by Gasteiger charge is -2.32. The Balaban J connectivity index is 4.32. The molecule has 0 heterocycles. The maximum absolute atomic E-state index is 11.6. The van der Waals surface area contributed by atoms with E-state index in [1.165, 1.54) is 12.8 Å². The van der Waals surface area contributed by atoms with Crippen LogP contribution in [0.1, 0.15) is 60.8 Å². The third-order valence-corrected chi connectivity index (χ3v) is 3.29. The van der Waals surface area contributed by atoms with Crippen LogP contribution in [0.15, 0.2) is 0 Å². The van der Waals surface area contributed by atoms with E-state index in [0.29, 0.717) is 12.3 Å². The predicted molar refractivity (Wildman–Crippen MR) is 80.0 cm³/mol. The minimum Gasteiger partial charge on any atom is -0.378 e. The molecular formula is C15H32N2O2. The summed E-state index contributed by atoms with van der Waals surface area (Å²) in [5, 5.41) is 3.24. The van der Waals surface area contributed by atoms with E-state index in [9.17, 15) is 4.79 Å². The van der Waals surface area contributed by atoms with Gasteiger partial charge in [0.05, 0.1) is 11.6 Å². The van der Waals surface area contributed by atoms with E-state index in [1.54, 1.807) is 0 Å². The standard InChI is InChI=1S/C15H32N2O2/c1-7-8-12(4)10-19-13(5)9-15(6,14(16)18)17-11(2)3/h11-13,17H,7-10H2,1-6H3,(H2,16,18). The number of hydrogen-bond donors (Lipinski definition) is 2. The minimum atomic E-state index is -0.707. The average molecular weight is 272 g/mol. The summed E-state index contributed by atoms with van der Waals surface area (Å²) in [7, 11) is 0. The quantitative estimate of drug-likeness (QED) is 0.642. The molecule has 1 amide bonds. The van der Waals surface area contributed by atoms with Crippen molar-refractivity contribution in [2.75, 3.05) is 6.61 Å². The van der Waals surface area contributed by atoms with E-state index in [2.05, 4.69) is 19.2 Å². The number of carbonyl (C=O) groups is 1. The van der Waals surface area contributed by atoms with E-state index in [0.717, 1.165) is 6.61 Å². The van der Waals surface area contributed by atoms with Gasteiger partial charge in [-0.05, 0) is 40.0 Å². The summed E-state index contributed by atoms with van der Waals surface area (Å²) >= 11 is 0. The molecule has 0 saturated heterocycles. The van der Waals surface area contributed by atoms with Gasteiger partial charge in [-0.3, -0.25) is 4.79 Å². The van der Waals surface area contributed by atoms with Crippen LogP contribution < -0.4 is 11.1 Å². The molecule has 0 aromatic heterocycles. The minimum absolute atomic E-state index is 0.0167. The molecular weight excluding hydrogens is 240 g/mol. The van der Waals surface area contributed by atoms with Gasteiger partial charge < -0.3 is 15.8 Å². The Labute approximate surface area is 118 Å². The molecule has 114 valence electrons. The zero-order chi connectivity index (χ0) is 15.1. The topological polar surface area (TPSA) is 64.3 Å². The first kappa shape index (κ1) is 18.4. The largest absolute Gasteiger partial charge is 0.378 e. The molecule has 4 heteroatoms. The molecule has 0 radical (unpaired) electrons. The number of primary amides is 1. The lowest BCUT2D eigenvalue weighted by Crippen LogP contribution is -2.57. The van der Waals surface area contributed by atoms with Crippen LogP contribution in [-0.4, -0.2) is 30.2 Å². The fourth-order valence-corrected chi connectivity index (χ4v) is 2.41. The fourth-order valence-electron chi connectivity index (χ4n) is 2.41. The van der Waals surface area contributed by atoms with Crippen LogP contribution >= 0.6 is 0 Å². The molecule has 0 aliphatic carbocycles. The van der Waals surface area contributed by atoms with Crippen molar-refractivity contribution in [1.82, 2.24) is 5.32 Å². The van der Waals surface area contributed by atoms with Crippen LogP contribution in [0, 0.1) is 5.92 Å². The summed E-state index contributed by atoms with van der Waals surface area (Å²) in [5.41, 5.74) is 4.81. The zero-order valence-corrected chi connectivity index (χ0v) is 13.5. The Morgan fingerprint density at radius 3 is 2.32 bits per heavy atom. The van der Waals surface area contributed by atoms with E-state index in [4.69, 9.17) is 10.5 Å². The fraction of sp³-hybridized carbons (Fsp3) is 0.933. The third-order valence-electron chi connectivity index (χ3n) is 3.29. The molecule has 4 nitrogen and oxygen atoms in total. The van der Waals surface area contributed by atoms with Crippen LogP contribution in [0.2, 0.25) is 0 Å². The number of ether oxygens (including phenoxy) is 1. The van der Waals surface area contributed by atoms with Gasteiger partial charge in [0.15, 0.2) is 0 Å². The third kappa shape index (κ3) is 7.53. The molecule has 3 N–H and O–H groups in total. The van der Waals surface area contributed by atoms with Crippen molar-refractivity contribution in [3.63, 3.8) is 0 Å². The van der Waals surface area contributed by atoms with E-state index in [-0.39, 0.29) is 18.1 Å². The van der Waals surface area contributed by atoms with Crippen molar-refractivity contribution >= 4 is 5.91 Å². The highest BCUT2D eigenvalue weighted by molar-refractivity contribution is 5.84. The summed E-state index contributed by atoms with van der Waals surface area (Å²) in [6.45, 7) is 13.0. The van der Waals surface area contributed by atoms with Crippen LogP contribution in [0.25, 0.3) is 0 Å². The highest BCUT2D eigenvalue weighted by Crippen LogP contribution is 2.17. The zero-order valence-electron chi connectivity index (χ0n) is 13.5. The lowest BCUT2D eigenvalue weighted by molar-refractivity contribution is -0.125. The molecule has 0 aliphatic heterocycles. The monoisotopic (exact) mass is 272 g/mol.